The average Bonchev–Trinajstić information content (AvgIpc) is 2.35. The van der Waals surface area contributed by atoms with Crippen LogP contribution in [0.4, 0.5) is 0 Å². The van der Waals surface area contributed by atoms with Crippen molar-refractivity contribution in [3.8, 4) is 0 Å². The normalized spacial score (nSPS) is 24.9. The SMILES string of the molecule is C=CCC1CCCCCCCCCCNC1=O. The van der Waals surface area contributed by atoms with E-state index in [0.29, 0.717) is 0 Å². The van der Waals surface area contributed by atoms with Gasteiger partial charge < -0.3 is 5.32 Å². The summed E-state index contributed by atoms with van der Waals surface area (Å²) in [6.45, 7) is 4.61. The molecule has 0 spiro atoms. The minimum atomic E-state index is 0.160. The predicted molar refractivity (Wildman–Crippen MR) is 72.9 cm³/mol. The Hall–Kier alpha value is -0.790. The van der Waals surface area contributed by atoms with Gasteiger partial charge in [-0.3, -0.25) is 4.79 Å². The smallest absolute Gasteiger partial charge is 0.223 e. The maximum absolute atomic E-state index is 11.9. The molecule has 98 valence electrons. The van der Waals surface area contributed by atoms with Crippen molar-refractivity contribution in [1.29, 1.82) is 0 Å². The van der Waals surface area contributed by atoms with Gasteiger partial charge in [0.15, 0.2) is 0 Å². The average molecular weight is 237 g/mol. The first-order chi connectivity index (χ1) is 8.34. The zero-order chi connectivity index (χ0) is 12.3. The third-order valence-electron chi connectivity index (χ3n) is 3.60. The molecule has 2 heteroatoms. The van der Waals surface area contributed by atoms with Crippen LogP contribution in [-0.2, 0) is 4.79 Å². The van der Waals surface area contributed by atoms with Crippen molar-refractivity contribution in [1.82, 2.24) is 5.32 Å². The number of rotatable bonds is 2. The van der Waals surface area contributed by atoms with E-state index in [4.69, 9.17) is 0 Å². The number of allylic oxidation sites excluding steroid dienone is 1. The van der Waals surface area contributed by atoms with E-state index in [1.54, 1.807) is 0 Å². The lowest BCUT2D eigenvalue weighted by Gasteiger charge is -2.14. The third kappa shape index (κ3) is 6.50. The van der Waals surface area contributed by atoms with E-state index in [9.17, 15) is 4.79 Å². The number of carbonyl (C=O) groups is 1. The van der Waals surface area contributed by atoms with Crippen LogP contribution >= 0.6 is 0 Å². The molecular formula is C15H27NO. The number of hydrogen-bond donors (Lipinski definition) is 1. The summed E-state index contributed by atoms with van der Waals surface area (Å²) in [5.74, 6) is 0.400. The molecule has 1 aliphatic heterocycles. The molecule has 1 unspecified atom stereocenters. The first-order valence-electron chi connectivity index (χ1n) is 7.23. The van der Waals surface area contributed by atoms with Crippen LogP contribution in [-0.4, -0.2) is 12.5 Å². The fraction of sp³-hybridized carbons (Fsp3) is 0.800. The van der Waals surface area contributed by atoms with Crippen molar-refractivity contribution in [3.63, 3.8) is 0 Å². The molecule has 0 aromatic heterocycles. The van der Waals surface area contributed by atoms with Crippen LogP contribution in [0.25, 0.3) is 0 Å². The Bertz CT molecular complexity index is 225. The minimum absolute atomic E-state index is 0.160. The Morgan fingerprint density at radius 3 is 2.29 bits per heavy atom. The Labute approximate surface area is 106 Å². The molecule has 1 fully saturated rings. The Morgan fingerprint density at radius 1 is 1.06 bits per heavy atom. The summed E-state index contributed by atoms with van der Waals surface area (Å²) in [6.07, 6.45) is 14.0. The standard InChI is InChI=1S/C15H27NO/c1-2-11-14-12-9-7-5-3-4-6-8-10-13-16-15(14)17/h2,14H,1,3-13H2,(H,16,17). The van der Waals surface area contributed by atoms with Gasteiger partial charge in [0.1, 0.15) is 0 Å². The number of carbonyl (C=O) groups excluding carboxylic acids is 1. The van der Waals surface area contributed by atoms with Crippen molar-refractivity contribution in [2.24, 2.45) is 5.92 Å². The Morgan fingerprint density at radius 2 is 1.65 bits per heavy atom. The van der Waals surface area contributed by atoms with E-state index in [-0.39, 0.29) is 11.8 Å². The highest BCUT2D eigenvalue weighted by atomic mass is 16.1. The van der Waals surface area contributed by atoms with E-state index in [1.165, 1.54) is 44.9 Å². The fourth-order valence-electron chi connectivity index (χ4n) is 2.49. The zero-order valence-corrected chi connectivity index (χ0v) is 11.0. The number of amides is 1. The molecule has 1 N–H and O–H groups in total. The highest BCUT2D eigenvalue weighted by molar-refractivity contribution is 5.78. The second-order valence-corrected chi connectivity index (χ2v) is 5.13. The van der Waals surface area contributed by atoms with Crippen LogP contribution in [0, 0.1) is 5.92 Å². The highest BCUT2D eigenvalue weighted by Crippen LogP contribution is 2.17. The summed E-state index contributed by atoms with van der Waals surface area (Å²) in [5.41, 5.74) is 0. The van der Waals surface area contributed by atoms with Gasteiger partial charge in [0.2, 0.25) is 5.91 Å². The highest BCUT2D eigenvalue weighted by Gasteiger charge is 2.16. The molecule has 0 saturated carbocycles. The summed E-state index contributed by atoms with van der Waals surface area (Å²) in [6, 6.07) is 0. The van der Waals surface area contributed by atoms with Crippen molar-refractivity contribution in [2.45, 2.75) is 64.2 Å². The zero-order valence-electron chi connectivity index (χ0n) is 11.0. The molecule has 1 atom stereocenters. The van der Waals surface area contributed by atoms with Gasteiger partial charge >= 0.3 is 0 Å². The van der Waals surface area contributed by atoms with Gasteiger partial charge in [-0.05, 0) is 19.3 Å². The summed E-state index contributed by atoms with van der Waals surface area (Å²) in [5, 5.41) is 3.07. The maximum Gasteiger partial charge on any atom is 0.223 e. The lowest BCUT2D eigenvalue weighted by molar-refractivity contribution is -0.125. The van der Waals surface area contributed by atoms with E-state index in [1.807, 2.05) is 6.08 Å². The first kappa shape index (κ1) is 14.3. The molecule has 1 aliphatic rings. The summed E-state index contributed by atoms with van der Waals surface area (Å²) in [4.78, 5) is 11.9. The fourth-order valence-corrected chi connectivity index (χ4v) is 2.49. The van der Waals surface area contributed by atoms with Gasteiger partial charge in [0, 0.05) is 12.5 Å². The minimum Gasteiger partial charge on any atom is -0.356 e. The molecule has 0 aromatic carbocycles. The van der Waals surface area contributed by atoms with Crippen molar-refractivity contribution < 1.29 is 4.79 Å². The largest absolute Gasteiger partial charge is 0.356 e. The topological polar surface area (TPSA) is 29.1 Å². The van der Waals surface area contributed by atoms with Crippen LogP contribution in [0.1, 0.15) is 64.2 Å². The van der Waals surface area contributed by atoms with E-state index in [0.717, 1.165) is 25.8 Å². The molecule has 0 aromatic rings. The quantitative estimate of drug-likeness (QED) is 0.727. The van der Waals surface area contributed by atoms with Crippen LogP contribution in [0.2, 0.25) is 0 Å². The molecule has 1 rings (SSSR count). The molecule has 0 aliphatic carbocycles. The molecule has 0 radical (unpaired) electrons. The van der Waals surface area contributed by atoms with Gasteiger partial charge in [-0.15, -0.1) is 6.58 Å². The van der Waals surface area contributed by atoms with Crippen molar-refractivity contribution >= 4 is 5.91 Å². The number of nitrogens with one attached hydrogen (secondary N) is 1. The summed E-state index contributed by atoms with van der Waals surface area (Å²) < 4.78 is 0. The molecule has 1 saturated heterocycles. The van der Waals surface area contributed by atoms with Crippen LogP contribution < -0.4 is 5.32 Å². The van der Waals surface area contributed by atoms with Crippen LogP contribution in [0.15, 0.2) is 12.7 Å². The lowest BCUT2D eigenvalue weighted by Crippen LogP contribution is -2.31. The van der Waals surface area contributed by atoms with Crippen molar-refractivity contribution in [3.05, 3.63) is 12.7 Å². The maximum atomic E-state index is 11.9. The molecule has 17 heavy (non-hydrogen) atoms. The van der Waals surface area contributed by atoms with Gasteiger partial charge in [0.05, 0.1) is 0 Å². The summed E-state index contributed by atoms with van der Waals surface area (Å²) >= 11 is 0. The first-order valence-corrected chi connectivity index (χ1v) is 7.23. The van der Waals surface area contributed by atoms with Gasteiger partial charge in [0.25, 0.3) is 0 Å². The molecular weight excluding hydrogens is 210 g/mol. The van der Waals surface area contributed by atoms with E-state index >= 15 is 0 Å². The van der Waals surface area contributed by atoms with Crippen molar-refractivity contribution in [2.75, 3.05) is 6.54 Å². The molecule has 0 bridgehead atoms. The number of hydrogen-bond acceptors (Lipinski definition) is 1. The molecule has 2 nitrogen and oxygen atoms in total. The van der Waals surface area contributed by atoms with E-state index < -0.39 is 0 Å². The van der Waals surface area contributed by atoms with Gasteiger partial charge in [-0.1, -0.05) is 51.0 Å². The van der Waals surface area contributed by atoms with Gasteiger partial charge in [-0.2, -0.15) is 0 Å². The molecule has 1 heterocycles. The van der Waals surface area contributed by atoms with Gasteiger partial charge in [-0.25, -0.2) is 0 Å². The summed E-state index contributed by atoms with van der Waals surface area (Å²) in [7, 11) is 0. The third-order valence-corrected chi connectivity index (χ3v) is 3.60. The van der Waals surface area contributed by atoms with E-state index in [2.05, 4.69) is 11.9 Å². The molecule has 1 amide bonds. The Balaban J connectivity index is 2.39. The monoisotopic (exact) mass is 237 g/mol. The van der Waals surface area contributed by atoms with Crippen LogP contribution in [0.5, 0.6) is 0 Å². The second-order valence-electron chi connectivity index (χ2n) is 5.13. The Kier molecular flexibility index (Phi) is 7.78. The predicted octanol–water partition coefficient (Wildman–Crippen LogP) is 3.82. The second kappa shape index (κ2) is 9.26. The lowest BCUT2D eigenvalue weighted by atomic mass is 9.96. The van der Waals surface area contributed by atoms with Crippen LogP contribution in [0.3, 0.4) is 0 Å².